The number of hydrogen-bond donors (Lipinski definition) is 1. The summed E-state index contributed by atoms with van der Waals surface area (Å²) in [6.45, 7) is 3.11. The van der Waals surface area contributed by atoms with Crippen molar-refractivity contribution < 1.29 is 0 Å². The van der Waals surface area contributed by atoms with Crippen LogP contribution in [0.5, 0.6) is 0 Å². The Hall–Kier alpha value is -2.45. The molecule has 0 saturated heterocycles. The highest BCUT2D eigenvalue weighted by Gasteiger charge is 2.13. The average Bonchev–Trinajstić information content (AvgIpc) is 2.70. The Morgan fingerprint density at radius 3 is 2.28 bits per heavy atom. The second-order valence-corrected chi connectivity index (χ2v) is 6.38. The van der Waals surface area contributed by atoms with Crippen molar-refractivity contribution in [3.63, 3.8) is 0 Å². The molecule has 3 rings (SSSR count). The molecule has 128 valence electrons. The van der Waals surface area contributed by atoms with Crippen molar-refractivity contribution in [1.29, 1.82) is 0 Å². The zero-order chi connectivity index (χ0) is 17.3. The molecule has 0 saturated carbocycles. The molecule has 0 bridgehead atoms. The molecule has 0 aliphatic heterocycles. The fourth-order valence-corrected chi connectivity index (χ4v) is 3.01. The molecule has 1 unspecified atom stereocenters. The summed E-state index contributed by atoms with van der Waals surface area (Å²) in [5, 5.41) is 3.70. The van der Waals surface area contributed by atoms with Crippen molar-refractivity contribution in [2.24, 2.45) is 0 Å². The van der Waals surface area contributed by atoms with Crippen LogP contribution in [0.3, 0.4) is 0 Å². The molecule has 0 radical (unpaired) electrons. The topological polar surface area (TPSA) is 24.9 Å². The first-order valence-electron chi connectivity index (χ1n) is 9.16. The number of unbranched alkanes of at least 4 members (excludes halogenated alkanes) is 1. The maximum atomic E-state index is 4.95. The van der Waals surface area contributed by atoms with E-state index >= 15 is 0 Å². The van der Waals surface area contributed by atoms with E-state index in [1.807, 2.05) is 6.07 Å². The molecule has 2 aromatic carbocycles. The SMILES string of the molecule is CCCCC(NCc1ccccc1)c1cccc(-c2ccccc2)n1. The van der Waals surface area contributed by atoms with Crippen LogP contribution < -0.4 is 5.32 Å². The van der Waals surface area contributed by atoms with Crippen LogP contribution in [0.15, 0.2) is 78.9 Å². The summed E-state index contributed by atoms with van der Waals surface area (Å²) >= 11 is 0. The number of nitrogens with zero attached hydrogens (tertiary/aromatic N) is 1. The second kappa shape index (κ2) is 9.14. The van der Waals surface area contributed by atoms with Gasteiger partial charge in [-0.2, -0.15) is 0 Å². The van der Waals surface area contributed by atoms with E-state index in [-0.39, 0.29) is 6.04 Å². The highest BCUT2D eigenvalue weighted by atomic mass is 14.9. The molecule has 0 aliphatic carbocycles. The number of benzene rings is 2. The lowest BCUT2D eigenvalue weighted by Gasteiger charge is -2.19. The van der Waals surface area contributed by atoms with Gasteiger partial charge in [-0.15, -0.1) is 0 Å². The predicted molar refractivity (Wildman–Crippen MR) is 105 cm³/mol. The van der Waals surface area contributed by atoms with E-state index in [4.69, 9.17) is 4.98 Å². The van der Waals surface area contributed by atoms with Gasteiger partial charge >= 0.3 is 0 Å². The molecule has 1 heterocycles. The minimum atomic E-state index is 0.281. The van der Waals surface area contributed by atoms with Crippen LogP contribution in [0, 0.1) is 0 Å². The maximum Gasteiger partial charge on any atom is 0.0706 e. The van der Waals surface area contributed by atoms with Gasteiger partial charge in [-0.1, -0.05) is 86.5 Å². The first-order valence-corrected chi connectivity index (χ1v) is 9.16. The molecule has 25 heavy (non-hydrogen) atoms. The van der Waals surface area contributed by atoms with Crippen molar-refractivity contribution in [3.05, 3.63) is 90.1 Å². The van der Waals surface area contributed by atoms with Crippen molar-refractivity contribution in [1.82, 2.24) is 10.3 Å². The normalized spacial score (nSPS) is 12.0. The van der Waals surface area contributed by atoms with E-state index in [2.05, 4.69) is 85.0 Å². The van der Waals surface area contributed by atoms with Gasteiger partial charge in [-0.3, -0.25) is 4.98 Å². The van der Waals surface area contributed by atoms with Gasteiger partial charge < -0.3 is 5.32 Å². The Morgan fingerprint density at radius 1 is 0.840 bits per heavy atom. The molecule has 2 nitrogen and oxygen atoms in total. The predicted octanol–water partition coefficient (Wildman–Crippen LogP) is 5.77. The van der Waals surface area contributed by atoms with E-state index in [9.17, 15) is 0 Å². The maximum absolute atomic E-state index is 4.95. The Morgan fingerprint density at radius 2 is 1.56 bits per heavy atom. The van der Waals surface area contributed by atoms with E-state index < -0.39 is 0 Å². The summed E-state index contributed by atoms with van der Waals surface area (Å²) in [6, 6.07) is 27.6. The molecule has 0 spiro atoms. The van der Waals surface area contributed by atoms with Gasteiger partial charge in [-0.05, 0) is 24.1 Å². The summed E-state index contributed by atoms with van der Waals surface area (Å²) in [4.78, 5) is 4.95. The zero-order valence-corrected chi connectivity index (χ0v) is 14.9. The second-order valence-electron chi connectivity index (χ2n) is 6.38. The molecule has 3 aromatic rings. The smallest absolute Gasteiger partial charge is 0.0706 e. The lowest BCUT2D eigenvalue weighted by atomic mass is 10.0. The molecule has 0 fully saturated rings. The Labute approximate surface area is 151 Å². The summed E-state index contributed by atoms with van der Waals surface area (Å²) in [6.07, 6.45) is 3.50. The fraction of sp³-hybridized carbons (Fsp3) is 0.261. The minimum Gasteiger partial charge on any atom is -0.305 e. The van der Waals surface area contributed by atoms with E-state index in [0.29, 0.717) is 0 Å². The molecular formula is C23H26N2. The van der Waals surface area contributed by atoms with Crippen LogP contribution in [0.1, 0.15) is 43.5 Å². The number of pyridine rings is 1. The van der Waals surface area contributed by atoms with Gasteiger partial charge in [-0.25, -0.2) is 0 Å². The van der Waals surface area contributed by atoms with Crippen molar-refractivity contribution >= 4 is 0 Å². The summed E-state index contributed by atoms with van der Waals surface area (Å²) in [7, 11) is 0. The van der Waals surface area contributed by atoms with Gasteiger partial charge in [0, 0.05) is 18.2 Å². The third-order valence-electron chi connectivity index (χ3n) is 4.44. The molecule has 1 N–H and O–H groups in total. The van der Waals surface area contributed by atoms with E-state index in [1.54, 1.807) is 0 Å². The number of hydrogen-bond acceptors (Lipinski definition) is 2. The monoisotopic (exact) mass is 330 g/mol. The first kappa shape index (κ1) is 17.4. The van der Waals surface area contributed by atoms with Crippen molar-refractivity contribution in [2.45, 2.75) is 38.8 Å². The van der Waals surface area contributed by atoms with Crippen LogP contribution in [-0.2, 0) is 6.54 Å². The summed E-state index contributed by atoms with van der Waals surface area (Å²) < 4.78 is 0. The van der Waals surface area contributed by atoms with Crippen LogP contribution in [0.4, 0.5) is 0 Å². The number of nitrogens with one attached hydrogen (secondary N) is 1. The largest absolute Gasteiger partial charge is 0.305 e. The Bertz CT molecular complexity index is 753. The average molecular weight is 330 g/mol. The van der Waals surface area contributed by atoms with Gasteiger partial charge in [0.05, 0.1) is 11.4 Å². The summed E-state index contributed by atoms with van der Waals surface area (Å²) in [5.41, 5.74) is 4.65. The minimum absolute atomic E-state index is 0.281. The first-order chi connectivity index (χ1) is 12.4. The molecule has 2 heteroatoms. The number of aromatic nitrogens is 1. The van der Waals surface area contributed by atoms with Gasteiger partial charge in [0.1, 0.15) is 0 Å². The Balaban J connectivity index is 1.78. The highest BCUT2D eigenvalue weighted by Crippen LogP contribution is 2.23. The number of rotatable bonds is 8. The molecule has 0 amide bonds. The zero-order valence-electron chi connectivity index (χ0n) is 14.9. The lowest BCUT2D eigenvalue weighted by molar-refractivity contribution is 0.471. The molecule has 1 atom stereocenters. The molecule has 0 aliphatic rings. The van der Waals surface area contributed by atoms with Crippen molar-refractivity contribution in [2.75, 3.05) is 0 Å². The van der Waals surface area contributed by atoms with Gasteiger partial charge in [0.2, 0.25) is 0 Å². The van der Waals surface area contributed by atoms with Crippen molar-refractivity contribution in [3.8, 4) is 11.3 Å². The van der Waals surface area contributed by atoms with E-state index in [0.717, 1.165) is 24.4 Å². The quantitative estimate of drug-likeness (QED) is 0.567. The van der Waals surface area contributed by atoms with Gasteiger partial charge in [0.25, 0.3) is 0 Å². The lowest BCUT2D eigenvalue weighted by Crippen LogP contribution is -2.22. The third-order valence-corrected chi connectivity index (χ3v) is 4.44. The third kappa shape index (κ3) is 5.01. The standard InChI is InChI=1S/C23H26N2/c1-2-3-15-22(24-18-19-11-6-4-7-12-19)23-17-10-16-21(25-23)20-13-8-5-9-14-20/h4-14,16-17,22,24H,2-3,15,18H2,1H3. The highest BCUT2D eigenvalue weighted by molar-refractivity contribution is 5.58. The van der Waals surface area contributed by atoms with E-state index in [1.165, 1.54) is 24.0 Å². The Kier molecular flexibility index (Phi) is 6.35. The summed E-state index contributed by atoms with van der Waals surface area (Å²) in [5.74, 6) is 0. The van der Waals surface area contributed by atoms with Crippen LogP contribution >= 0.6 is 0 Å². The van der Waals surface area contributed by atoms with Gasteiger partial charge in [0.15, 0.2) is 0 Å². The van der Waals surface area contributed by atoms with Crippen LogP contribution in [0.25, 0.3) is 11.3 Å². The molecule has 1 aromatic heterocycles. The molecular weight excluding hydrogens is 304 g/mol. The van der Waals surface area contributed by atoms with Crippen LogP contribution in [0.2, 0.25) is 0 Å². The van der Waals surface area contributed by atoms with Crippen LogP contribution in [-0.4, -0.2) is 4.98 Å². The fourth-order valence-electron chi connectivity index (χ4n) is 3.01.